The summed E-state index contributed by atoms with van der Waals surface area (Å²) in [6.07, 6.45) is 4.28. The number of benzene rings is 1. The first-order chi connectivity index (χ1) is 9.75. The van der Waals surface area contributed by atoms with Crippen molar-refractivity contribution in [2.75, 3.05) is 6.54 Å². The molecule has 20 heavy (non-hydrogen) atoms. The highest BCUT2D eigenvalue weighted by molar-refractivity contribution is 6.05. The van der Waals surface area contributed by atoms with Crippen molar-refractivity contribution in [2.24, 2.45) is 5.92 Å². The molecule has 2 atom stereocenters. The third-order valence-corrected chi connectivity index (χ3v) is 4.02. The Morgan fingerprint density at radius 3 is 2.95 bits per heavy atom. The number of aliphatic hydroxyl groups excluding tert-OH is 1. The normalized spacial score (nSPS) is 22.1. The Labute approximate surface area is 117 Å². The van der Waals surface area contributed by atoms with E-state index in [1.165, 1.54) is 0 Å². The first-order valence-corrected chi connectivity index (χ1v) is 7.06. The molecule has 0 bridgehead atoms. The molecule has 2 aromatic rings. The van der Waals surface area contributed by atoms with E-state index in [1.807, 2.05) is 24.3 Å². The van der Waals surface area contributed by atoms with Crippen LogP contribution in [0.1, 0.15) is 29.6 Å². The highest BCUT2D eigenvalue weighted by atomic mass is 16.3. The van der Waals surface area contributed by atoms with Gasteiger partial charge in [0.1, 0.15) is 0 Å². The molecule has 1 amide bonds. The summed E-state index contributed by atoms with van der Waals surface area (Å²) in [7, 11) is 0. The highest BCUT2D eigenvalue weighted by Crippen LogP contribution is 2.25. The van der Waals surface area contributed by atoms with Crippen LogP contribution >= 0.6 is 0 Å². The van der Waals surface area contributed by atoms with E-state index in [4.69, 9.17) is 0 Å². The summed E-state index contributed by atoms with van der Waals surface area (Å²) < 4.78 is 0. The van der Waals surface area contributed by atoms with Gasteiger partial charge in [0.05, 0.1) is 17.2 Å². The second-order valence-corrected chi connectivity index (χ2v) is 5.35. The van der Waals surface area contributed by atoms with Crippen LogP contribution in [0.2, 0.25) is 0 Å². The van der Waals surface area contributed by atoms with Crippen LogP contribution < -0.4 is 5.32 Å². The number of nitrogens with one attached hydrogen (secondary N) is 1. The number of rotatable bonds is 3. The van der Waals surface area contributed by atoms with Crippen molar-refractivity contribution in [1.82, 2.24) is 10.3 Å². The van der Waals surface area contributed by atoms with E-state index in [0.29, 0.717) is 12.1 Å². The molecule has 0 aliphatic heterocycles. The number of carbonyl (C=O) groups excluding carboxylic acids is 1. The van der Waals surface area contributed by atoms with Crippen LogP contribution in [0.4, 0.5) is 0 Å². The van der Waals surface area contributed by atoms with Gasteiger partial charge in [0.15, 0.2) is 0 Å². The third kappa shape index (κ3) is 2.51. The maximum Gasteiger partial charge on any atom is 0.253 e. The summed E-state index contributed by atoms with van der Waals surface area (Å²) in [6, 6.07) is 9.40. The topological polar surface area (TPSA) is 62.2 Å². The van der Waals surface area contributed by atoms with Crippen LogP contribution in [0, 0.1) is 5.92 Å². The predicted molar refractivity (Wildman–Crippen MR) is 77.4 cm³/mol. The molecule has 0 spiro atoms. The number of aliphatic hydroxyl groups is 1. The van der Waals surface area contributed by atoms with E-state index in [1.54, 1.807) is 12.3 Å². The van der Waals surface area contributed by atoms with Crippen LogP contribution in [0.3, 0.4) is 0 Å². The van der Waals surface area contributed by atoms with Gasteiger partial charge in [-0.05, 0) is 25.0 Å². The predicted octanol–water partition coefficient (Wildman–Crippen LogP) is 2.13. The number of hydrogen-bond donors (Lipinski definition) is 2. The fraction of sp³-hybridized carbons (Fsp3) is 0.375. The number of pyridine rings is 1. The molecule has 4 nitrogen and oxygen atoms in total. The molecule has 3 rings (SSSR count). The van der Waals surface area contributed by atoms with E-state index in [2.05, 4.69) is 10.3 Å². The summed E-state index contributed by atoms with van der Waals surface area (Å²) in [5.41, 5.74) is 1.31. The molecule has 1 aliphatic carbocycles. The molecular weight excluding hydrogens is 252 g/mol. The standard InChI is InChI=1S/C16H18N2O2/c19-14-8-2-5-12(14)10-18-16(20)13-7-1-4-11-6-3-9-17-15(11)13/h1,3-4,6-7,9,12,14,19H,2,5,8,10H2,(H,18,20). The second kappa shape index (κ2) is 5.59. The fourth-order valence-corrected chi connectivity index (χ4v) is 2.86. The van der Waals surface area contributed by atoms with Gasteiger partial charge in [0.2, 0.25) is 0 Å². The lowest BCUT2D eigenvalue weighted by Gasteiger charge is -2.15. The molecule has 1 fully saturated rings. The molecular formula is C16H18N2O2. The Morgan fingerprint density at radius 1 is 1.30 bits per heavy atom. The van der Waals surface area contributed by atoms with E-state index >= 15 is 0 Å². The lowest BCUT2D eigenvalue weighted by Crippen LogP contribution is -2.32. The number of para-hydroxylation sites is 1. The van der Waals surface area contributed by atoms with Crippen LogP contribution in [0.15, 0.2) is 36.5 Å². The number of hydrogen-bond acceptors (Lipinski definition) is 3. The molecule has 2 N–H and O–H groups in total. The minimum atomic E-state index is -0.277. The van der Waals surface area contributed by atoms with Gasteiger partial charge in [0, 0.05) is 24.0 Å². The van der Waals surface area contributed by atoms with Crippen LogP contribution in [0.25, 0.3) is 10.9 Å². The molecule has 0 saturated heterocycles. The summed E-state index contributed by atoms with van der Waals surface area (Å²) in [5, 5.41) is 13.7. The molecule has 1 saturated carbocycles. The van der Waals surface area contributed by atoms with Gasteiger partial charge >= 0.3 is 0 Å². The van der Waals surface area contributed by atoms with Crippen molar-refractivity contribution in [2.45, 2.75) is 25.4 Å². The largest absolute Gasteiger partial charge is 0.393 e. The van der Waals surface area contributed by atoms with Gasteiger partial charge in [-0.2, -0.15) is 0 Å². The molecule has 1 aromatic heterocycles. The number of carbonyl (C=O) groups is 1. The molecule has 104 valence electrons. The van der Waals surface area contributed by atoms with Crippen LogP contribution in [-0.2, 0) is 0 Å². The second-order valence-electron chi connectivity index (χ2n) is 5.35. The quantitative estimate of drug-likeness (QED) is 0.898. The Kier molecular flexibility index (Phi) is 3.65. The summed E-state index contributed by atoms with van der Waals surface area (Å²) in [4.78, 5) is 16.6. The Balaban J connectivity index is 1.75. The van der Waals surface area contributed by atoms with Crippen LogP contribution in [0.5, 0.6) is 0 Å². The molecule has 1 aliphatic rings. The van der Waals surface area contributed by atoms with E-state index < -0.39 is 0 Å². The Hall–Kier alpha value is -1.94. The zero-order valence-electron chi connectivity index (χ0n) is 11.2. The molecule has 0 radical (unpaired) electrons. The zero-order valence-corrected chi connectivity index (χ0v) is 11.2. The van der Waals surface area contributed by atoms with Crippen molar-refractivity contribution < 1.29 is 9.90 Å². The average molecular weight is 270 g/mol. The maximum absolute atomic E-state index is 12.3. The molecule has 1 heterocycles. The van der Waals surface area contributed by atoms with Crippen molar-refractivity contribution in [3.8, 4) is 0 Å². The fourth-order valence-electron chi connectivity index (χ4n) is 2.86. The average Bonchev–Trinajstić information content (AvgIpc) is 2.89. The van der Waals surface area contributed by atoms with Crippen molar-refractivity contribution >= 4 is 16.8 Å². The smallest absolute Gasteiger partial charge is 0.253 e. The van der Waals surface area contributed by atoms with Crippen LogP contribution in [-0.4, -0.2) is 28.6 Å². The van der Waals surface area contributed by atoms with Crippen molar-refractivity contribution in [1.29, 1.82) is 0 Å². The van der Waals surface area contributed by atoms with Crippen molar-refractivity contribution in [3.63, 3.8) is 0 Å². The minimum Gasteiger partial charge on any atom is -0.393 e. The summed E-state index contributed by atoms with van der Waals surface area (Å²) >= 11 is 0. The first kappa shape index (κ1) is 13.1. The van der Waals surface area contributed by atoms with Gasteiger partial charge in [-0.1, -0.05) is 24.6 Å². The zero-order chi connectivity index (χ0) is 13.9. The minimum absolute atomic E-state index is 0.117. The van der Waals surface area contributed by atoms with Gasteiger partial charge in [-0.15, -0.1) is 0 Å². The van der Waals surface area contributed by atoms with E-state index in [0.717, 1.165) is 30.2 Å². The molecule has 4 heteroatoms. The first-order valence-electron chi connectivity index (χ1n) is 7.06. The maximum atomic E-state index is 12.3. The van der Waals surface area contributed by atoms with Gasteiger partial charge < -0.3 is 10.4 Å². The van der Waals surface area contributed by atoms with Gasteiger partial charge in [-0.25, -0.2) is 0 Å². The molecule has 1 aromatic carbocycles. The Morgan fingerprint density at radius 2 is 2.15 bits per heavy atom. The number of fused-ring (bicyclic) bond motifs is 1. The number of aromatic nitrogens is 1. The van der Waals surface area contributed by atoms with Gasteiger partial charge in [0.25, 0.3) is 5.91 Å². The monoisotopic (exact) mass is 270 g/mol. The third-order valence-electron chi connectivity index (χ3n) is 4.02. The number of amides is 1. The summed E-state index contributed by atoms with van der Waals surface area (Å²) in [6.45, 7) is 0.531. The lowest BCUT2D eigenvalue weighted by atomic mass is 10.1. The Bertz CT molecular complexity index is 621. The van der Waals surface area contributed by atoms with E-state index in [9.17, 15) is 9.90 Å². The van der Waals surface area contributed by atoms with Crippen molar-refractivity contribution in [3.05, 3.63) is 42.1 Å². The number of nitrogens with zero attached hydrogens (tertiary/aromatic N) is 1. The van der Waals surface area contributed by atoms with Gasteiger partial charge in [-0.3, -0.25) is 9.78 Å². The lowest BCUT2D eigenvalue weighted by molar-refractivity contribution is 0.0918. The SMILES string of the molecule is O=C(NCC1CCCC1O)c1cccc2cccnc12. The highest BCUT2D eigenvalue weighted by Gasteiger charge is 2.25. The summed E-state index contributed by atoms with van der Waals surface area (Å²) in [5.74, 6) is 0.0651. The molecule has 2 unspecified atom stereocenters. The van der Waals surface area contributed by atoms with E-state index in [-0.39, 0.29) is 17.9 Å².